The van der Waals surface area contributed by atoms with Gasteiger partial charge in [0.25, 0.3) is 0 Å². The fourth-order valence-corrected chi connectivity index (χ4v) is 1.83. The van der Waals surface area contributed by atoms with E-state index in [1.165, 1.54) is 0 Å². The molecule has 21 heavy (non-hydrogen) atoms. The van der Waals surface area contributed by atoms with E-state index < -0.39 is 0 Å². The maximum absolute atomic E-state index is 6.08. The van der Waals surface area contributed by atoms with Gasteiger partial charge in [-0.1, -0.05) is 29.8 Å². The minimum atomic E-state index is 0.0565. The first-order chi connectivity index (χ1) is 9.94. The number of halogens is 1. The molecular weight excluding hydrogens is 286 g/mol. The molecule has 0 aliphatic carbocycles. The minimum absolute atomic E-state index is 0.0565. The first kappa shape index (κ1) is 15.7. The first-order valence-corrected chi connectivity index (χ1v) is 7.26. The fourth-order valence-electron chi connectivity index (χ4n) is 1.64. The predicted molar refractivity (Wildman–Crippen MR) is 84.4 cm³/mol. The first-order valence-electron chi connectivity index (χ1n) is 6.88. The number of benzene rings is 1. The SMILES string of the molecule is CC(C)(C)NCc1ccc(OCc2ccccc2Cl)nn1. The van der Waals surface area contributed by atoms with Crippen molar-refractivity contribution < 1.29 is 4.74 Å². The Kier molecular flexibility index (Phi) is 5.15. The van der Waals surface area contributed by atoms with Crippen LogP contribution in [-0.4, -0.2) is 15.7 Å². The van der Waals surface area contributed by atoms with E-state index in [0.29, 0.717) is 24.1 Å². The van der Waals surface area contributed by atoms with Crippen molar-refractivity contribution in [3.8, 4) is 5.88 Å². The topological polar surface area (TPSA) is 47.0 Å². The molecule has 2 aromatic rings. The van der Waals surface area contributed by atoms with Crippen molar-refractivity contribution in [3.63, 3.8) is 0 Å². The Morgan fingerprint density at radius 2 is 1.86 bits per heavy atom. The number of hydrogen-bond acceptors (Lipinski definition) is 4. The third-order valence-corrected chi connectivity index (χ3v) is 3.20. The molecule has 0 saturated carbocycles. The fraction of sp³-hybridized carbons (Fsp3) is 0.375. The molecule has 0 fully saturated rings. The Hall–Kier alpha value is -1.65. The number of ether oxygens (including phenoxy) is 1. The van der Waals surface area contributed by atoms with Crippen LogP contribution >= 0.6 is 11.6 Å². The number of nitrogens with zero attached hydrogens (tertiary/aromatic N) is 2. The lowest BCUT2D eigenvalue weighted by Crippen LogP contribution is -2.35. The highest BCUT2D eigenvalue weighted by Gasteiger charge is 2.09. The summed E-state index contributed by atoms with van der Waals surface area (Å²) in [5.41, 5.74) is 1.87. The van der Waals surface area contributed by atoms with Crippen molar-refractivity contribution in [2.45, 2.75) is 39.5 Å². The van der Waals surface area contributed by atoms with Crippen LogP contribution in [-0.2, 0) is 13.2 Å². The summed E-state index contributed by atoms with van der Waals surface area (Å²) in [5, 5.41) is 12.3. The van der Waals surface area contributed by atoms with E-state index in [1.54, 1.807) is 0 Å². The molecule has 0 aliphatic rings. The Morgan fingerprint density at radius 3 is 2.48 bits per heavy atom. The Balaban J connectivity index is 1.89. The van der Waals surface area contributed by atoms with Crippen LogP contribution in [0.3, 0.4) is 0 Å². The van der Waals surface area contributed by atoms with E-state index in [-0.39, 0.29) is 5.54 Å². The second-order valence-corrected chi connectivity index (χ2v) is 6.25. The molecule has 0 bridgehead atoms. The minimum Gasteiger partial charge on any atom is -0.472 e. The highest BCUT2D eigenvalue weighted by atomic mass is 35.5. The van der Waals surface area contributed by atoms with Crippen LogP contribution < -0.4 is 10.1 Å². The van der Waals surface area contributed by atoms with Crippen molar-refractivity contribution in [2.24, 2.45) is 0 Å². The largest absolute Gasteiger partial charge is 0.472 e. The molecule has 112 valence electrons. The van der Waals surface area contributed by atoms with Crippen LogP contribution in [0.15, 0.2) is 36.4 Å². The summed E-state index contributed by atoms with van der Waals surface area (Å²) in [6.07, 6.45) is 0. The monoisotopic (exact) mass is 305 g/mol. The molecule has 0 aliphatic heterocycles. The second kappa shape index (κ2) is 6.87. The number of hydrogen-bond donors (Lipinski definition) is 1. The predicted octanol–water partition coefficient (Wildman–Crippen LogP) is 3.60. The van der Waals surface area contributed by atoms with Gasteiger partial charge in [-0.15, -0.1) is 5.10 Å². The van der Waals surface area contributed by atoms with Gasteiger partial charge in [-0.3, -0.25) is 0 Å². The van der Waals surface area contributed by atoms with Gasteiger partial charge in [0.1, 0.15) is 6.61 Å². The summed E-state index contributed by atoms with van der Waals surface area (Å²) in [6, 6.07) is 11.3. The average molecular weight is 306 g/mol. The molecule has 0 saturated heterocycles. The van der Waals surface area contributed by atoms with Crippen molar-refractivity contribution in [3.05, 3.63) is 52.7 Å². The maximum atomic E-state index is 6.08. The van der Waals surface area contributed by atoms with Crippen LogP contribution in [0, 0.1) is 0 Å². The highest BCUT2D eigenvalue weighted by molar-refractivity contribution is 6.31. The molecule has 1 N–H and O–H groups in total. The van der Waals surface area contributed by atoms with Crippen LogP contribution in [0.2, 0.25) is 5.02 Å². The zero-order chi connectivity index (χ0) is 15.3. The molecule has 5 heteroatoms. The molecular formula is C16H20ClN3O. The average Bonchev–Trinajstić information content (AvgIpc) is 2.45. The Bertz CT molecular complexity index is 579. The van der Waals surface area contributed by atoms with Gasteiger partial charge in [-0.2, -0.15) is 5.10 Å². The number of aromatic nitrogens is 2. The van der Waals surface area contributed by atoms with Crippen LogP contribution in [0.25, 0.3) is 0 Å². The summed E-state index contributed by atoms with van der Waals surface area (Å²) in [7, 11) is 0. The third kappa shape index (κ3) is 5.33. The highest BCUT2D eigenvalue weighted by Crippen LogP contribution is 2.17. The summed E-state index contributed by atoms with van der Waals surface area (Å²) in [4.78, 5) is 0. The van der Waals surface area contributed by atoms with Gasteiger partial charge in [0.15, 0.2) is 0 Å². The van der Waals surface area contributed by atoms with Gasteiger partial charge in [0, 0.05) is 28.7 Å². The lowest BCUT2D eigenvalue weighted by molar-refractivity contribution is 0.289. The van der Waals surface area contributed by atoms with Crippen LogP contribution in [0.4, 0.5) is 0 Å². The Labute approximate surface area is 130 Å². The molecule has 0 atom stereocenters. The van der Waals surface area contributed by atoms with E-state index in [4.69, 9.17) is 16.3 Å². The molecule has 1 aromatic heterocycles. The molecule has 0 spiro atoms. The number of rotatable bonds is 5. The molecule has 4 nitrogen and oxygen atoms in total. The molecule has 0 radical (unpaired) electrons. The molecule has 0 unspecified atom stereocenters. The van der Waals surface area contributed by atoms with Gasteiger partial charge in [0.2, 0.25) is 5.88 Å². The smallest absolute Gasteiger partial charge is 0.233 e. The van der Waals surface area contributed by atoms with E-state index in [9.17, 15) is 0 Å². The molecule has 1 heterocycles. The van der Waals surface area contributed by atoms with Gasteiger partial charge in [-0.05, 0) is 32.9 Å². The summed E-state index contributed by atoms with van der Waals surface area (Å²) < 4.78 is 5.59. The van der Waals surface area contributed by atoms with Gasteiger partial charge in [0.05, 0.1) is 5.69 Å². The van der Waals surface area contributed by atoms with Gasteiger partial charge >= 0.3 is 0 Å². The van der Waals surface area contributed by atoms with Gasteiger partial charge in [-0.25, -0.2) is 0 Å². The van der Waals surface area contributed by atoms with Crippen molar-refractivity contribution in [2.75, 3.05) is 0 Å². The van der Waals surface area contributed by atoms with E-state index >= 15 is 0 Å². The van der Waals surface area contributed by atoms with Crippen LogP contribution in [0.5, 0.6) is 5.88 Å². The van der Waals surface area contributed by atoms with Crippen molar-refractivity contribution in [1.29, 1.82) is 0 Å². The zero-order valence-electron chi connectivity index (χ0n) is 12.6. The lowest BCUT2D eigenvalue weighted by atomic mass is 10.1. The number of nitrogens with one attached hydrogen (secondary N) is 1. The molecule has 0 amide bonds. The van der Waals surface area contributed by atoms with Gasteiger partial charge < -0.3 is 10.1 Å². The standard InChI is InChI=1S/C16H20ClN3O/c1-16(2,3)18-10-13-8-9-15(20-19-13)21-11-12-6-4-5-7-14(12)17/h4-9,18H,10-11H2,1-3H3. The summed E-state index contributed by atoms with van der Waals surface area (Å²) in [6.45, 7) is 7.40. The van der Waals surface area contributed by atoms with E-state index in [2.05, 4.69) is 36.3 Å². The molecule has 2 rings (SSSR count). The summed E-state index contributed by atoms with van der Waals surface area (Å²) in [5.74, 6) is 0.495. The third-order valence-electron chi connectivity index (χ3n) is 2.83. The van der Waals surface area contributed by atoms with E-state index in [0.717, 1.165) is 11.3 Å². The van der Waals surface area contributed by atoms with E-state index in [1.807, 2.05) is 36.4 Å². The van der Waals surface area contributed by atoms with Crippen molar-refractivity contribution in [1.82, 2.24) is 15.5 Å². The lowest BCUT2D eigenvalue weighted by Gasteiger charge is -2.19. The summed E-state index contributed by atoms with van der Waals surface area (Å²) >= 11 is 6.08. The van der Waals surface area contributed by atoms with Crippen LogP contribution in [0.1, 0.15) is 32.0 Å². The molecule has 1 aromatic carbocycles. The quantitative estimate of drug-likeness (QED) is 0.917. The Morgan fingerprint density at radius 1 is 1.10 bits per heavy atom. The normalized spacial score (nSPS) is 11.4. The maximum Gasteiger partial charge on any atom is 0.233 e. The van der Waals surface area contributed by atoms with Crippen molar-refractivity contribution >= 4 is 11.6 Å². The second-order valence-electron chi connectivity index (χ2n) is 5.85. The zero-order valence-corrected chi connectivity index (χ0v) is 13.3.